The third-order valence-electron chi connectivity index (χ3n) is 5.64. The molecule has 0 spiro atoms. The molecule has 7 nitrogen and oxygen atoms in total. The number of ether oxygens (including phenoxy) is 1. The zero-order valence-corrected chi connectivity index (χ0v) is 19.5. The van der Waals surface area contributed by atoms with Crippen LogP contribution in [0, 0.1) is 17.0 Å². The molecular formula is C27H28N4O3. The standard InChI is InChI=1S/C27H28N4O3/c1-4-15-27(3)16-14-20-18-24(19(2)17-25(20)34-27)30-26(28-21-8-6-5-7-9-21)29-22-10-12-23(13-11-22)31(32)33/h5-14,16-18H,4,15H2,1-3H3,(H2,28,29,30). The van der Waals surface area contributed by atoms with Gasteiger partial charge in [-0.05, 0) is 68.3 Å². The molecule has 1 aliphatic rings. The van der Waals surface area contributed by atoms with Crippen molar-refractivity contribution in [1.29, 1.82) is 0 Å². The number of hydrogen-bond acceptors (Lipinski definition) is 4. The number of rotatable bonds is 6. The van der Waals surface area contributed by atoms with Gasteiger partial charge >= 0.3 is 0 Å². The number of fused-ring (bicyclic) bond motifs is 1. The van der Waals surface area contributed by atoms with Crippen LogP contribution in [0.2, 0.25) is 0 Å². The molecule has 1 heterocycles. The predicted molar refractivity (Wildman–Crippen MR) is 138 cm³/mol. The molecule has 4 rings (SSSR count). The summed E-state index contributed by atoms with van der Waals surface area (Å²) in [6.45, 7) is 6.26. The first-order valence-corrected chi connectivity index (χ1v) is 11.3. The van der Waals surface area contributed by atoms with E-state index in [0.717, 1.165) is 41.1 Å². The van der Waals surface area contributed by atoms with Gasteiger partial charge in [-0.3, -0.25) is 10.1 Å². The summed E-state index contributed by atoms with van der Waals surface area (Å²) in [5.41, 5.74) is 4.03. The summed E-state index contributed by atoms with van der Waals surface area (Å²) in [7, 11) is 0. The Morgan fingerprint density at radius 3 is 2.38 bits per heavy atom. The fourth-order valence-corrected chi connectivity index (χ4v) is 3.88. The molecule has 1 unspecified atom stereocenters. The maximum atomic E-state index is 11.0. The number of nitrogens with zero attached hydrogens (tertiary/aromatic N) is 2. The highest BCUT2D eigenvalue weighted by molar-refractivity contribution is 6.05. The number of non-ortho nitro benzene ring substituents is 1. The van der Waals surface area contributed by atoms with Gasteiger partial charge in [0, 0.05) is 29.1 Å². The molecule has 1 aliphatic heterocycles. The zero-order chi connectivity index (χ0) is 24.1. The number of hydrogen-bond donors (Lipinski definition) is 2. The highest BCUT2D eigenvalue weighted by Gasteiger charge is 2.26. The molecule has 0 saturated heterocycles. The van der Waals surface area contributed by atoms with Gasteiger partial charge in [0.15, 0.2) is 0 Å². The van der Waals surface area contributed by atoms with Gasteiger partial charge in [0.1, 0.15) is 11.4 Å². The van der Waals surface area contributed by atoms with Crippen molar-refractivity contribution >= 4 is 34.8 Å². The van der Waals surface area contributed by atoms with Crippen LogP contribution in [0.4, 0.5) is 22.7 Å². The lowest BCUT2D eigenvalue weighted by Gasteiger charge is -2.31. The van der Waals surface area contributed by atoms with Gasteiger partial charge in [-0.25, -0.2) is 4.99 Å². The summed E-state index contributed by atoms with van der Waals surface area (Å²) < 4.78 is 6.30. The number of nitro benzene ring substituents is 1. The zero-order valence-electron chi connectivity index (χ0n) is 19.5. The molecule has 174 valence electrons. The van der Waals surface area contributed by atoms with Gasteiger partial charge in [0.2, 0.25) is 5.96 Å². The third-order valence-corrected chi connectivity index (χ3v) is 5.64. The second-order valence-corrected chi connectivity index (χ2v) is 8.56. The Balaban J connectivity index is 1.67. The van der Waals surface area contributed by atoms with E-state index in [2.05, 4.69) is 36.6 Å². The van der Waals surface area contributed by atoms with Crippen molar-refractivity contribution in [1.82, 2.24) is 0 Å². The van der Waals surface area contributed by atoms with E-state index in [1.165, 1.54) is 12.1 Å². The Morgan fingerprint density at radius 1 is 1.06 bits per heavy atom. The van der Waals surface area contributed by atoms with Crippen LogP contribution in [-0.2, 0) is 0 Å². The summed E-state index contributed by atoms with van der Waals surface area (Å²) in [5, 5.41) is 17.5. The molecule has 0 fully saturated rings. The molecule has 1 atom stereocenters. The van der Waals surface area contributed by atoms with Crippen LogP contribution in [0.15, 0.2) is 77.8 Å². The molecule has 2 N–H and O–H groups in total. The number of para-hydroxylation sites is 1. The van der Waals surface area contributed by atoms with Crippen LogP contribution in [0.25, 0.3) is 6.08 Å². The number of benzene rings is 3. The monoisotopic (exact) mass is 456 g/mol. The normalized spacial score (nSPS) is 17.0. The first kappa shape index (κ1) is 23.0. The Hall–Kier alpha value is -4.13. The van der Waals surface area contributed by atoms with Crippen LogP contribution in [0.5, 0.6) is 5.75 Å². The van der Waals surface area contributed by atoms with E-state index in [4.69, 9.17) is 9.73 Å². The molecule has 7 heteroatoms. The van der Waals surface area contributed by atoms with Crippen LogP contribution < -0.4 is 15.4 Å². The Morgan fingerprint density at radius 2 is 1.74 bits per heavy atom. The first-order chi connectivity index (χ1) is 16.3. The number of nitro groups is 1. The summed E-state index contributed by atoms with van der Waals surface area (Å²) in [5.74, 6) is 1.36. The molecule has 0 saturated carbocycles. The van der Waals surface area contributed by atoms with Crippen molar-refractivity contribution in [2.75, 3.05) is 10.6 Å². The minimum Gasteiger partial charge on any atom is -0.483 e. The first-order valence-electron chi connectivity index (χ1n) is 11.3. The number of aryl methyl sites for hydroxylation is 1. The number of nitrogens with one attached hydrogen (secondary N) is 2. The van der Waals surface area contributed by atoms with E-state index < -0.39 is 4.92 Å². The lowest BCUT2D eigenvalue weighted by Crippen LogP contribution is -2.31. The summed E-state index contributed by atoms with van der Waals surface area (Å²) in [6, 6.07) is 20.0. The molecule has 0 amide bonds. The molecule has 0 bridgehead atoms. The Labute approximate surface area is 199 Å². The highest BCUT2D eigenvalue weighted by Crippen LogP contribution is 2.37. The minimum absolute atomic E-state index is 0.0347. The van der Waals surface area contributed by atoms with Crippen LogP contribution in [-0.4, -0.2) is 16.5 Å². The Bertz CT molecular complexity index is 1240. The van der Waals surface area contributed by atoms with Gasteiger partial charge < -0.3 is 15.4 Å². The summed E-state index contributed by atoms with van der Waals surface area (Å²) in [4.78, 5) is 15.4. The second-order valence-electron chi connectivity index (χ2n) is 8.56. The molecule has 34 heavy (non-hydrogen) atoms. The topological polar surface area (TPSA) is 88.8 Å². The third kappa shape index (κ3) is 5.43. The van der Waals surface area contributed by atoms with Crippen LogP contribution in [0.1, 0.15) is 37.8 Å². The van der Waals surface area contributed by atoms with E-state index in [9.17, 15) is 10.1 Å². The smallest absolute Gasteiger partial charge is 0.269 e. The van der Waals surface area contributed by atoms with E-state index in [1.54, 1.807) is 12.1 Å². The van der Waals surface area contributed by atoms with Crippen molar-refractivity contribution in [3.63, 3.8) is 0 Å². The number of guanidine groups is 1. The van der Waals surface area contributed by atoms with Gasteiger partial charge in [-0.15, -0.1) is 0 Å². The lowest BCUT2D eigenvalue weighted by molar-refractivity contribution is -0.384. The maximum Gasteiger partial charge on any atom is 0.269 e. The molecule has 3 aromatic carbocycles. The van der Waals surface area contributed by atoms with Gasteiger partial charge in [0.25, 0.3) is 5.69 Å². The van der Waals surface area contributed by atoms with Crippen molar-refractivity contribution < 1.29 is 9.66 Å². The molecule has 0 aromatic heterocycles. The average molecular weight is 457 g/mol. The Kier molecular flexibility index (Phi) is 6.63. The maximum absolute atomic E-state index is 11.0. The van der Waals surface area contributed by atoms with E-state index in [1.807, 2.05) is 49.4 Å². The summed E-state index contributed by atoms with van der Waals surface area (Å²) >= 11 is 0. The predicted octanol–water partition coefficient (Wildman–Crippen LogP) is 7.08. The lowest BCUT2D eigenvalue weighted by atomic mass is 9.95. The number of aliphatic imine (C=N–C) groups is 1. The number of anilines is 2. The van der Waals surface area contributed by atoms with Crippen molar-refractivity contribution in [2.24, 2.45) is 4.99 Å². The van der Waals surface area contributed by atoms with Gasteiger partial charge in [0.05, 0.1) is 10.6 Å². The van der Waals surface area contributed by atoms with Crippen molar-refractivity contribution in [3.8, 4) is 5.75 Å². The molecule has 0 aliphatic carbocycles. The van der Waals surface area contributed by atoms with Gasteiger partial charge in [-0.2, -0.15) is 0 Å². The van der Waals surface area contributed by atoms with Crippen LogP contribution in [0.3, 0.4) is 0 Å². The van der Waals surface area contributed by atoms with Crippen LogP contribution >= 0.6 is 0 Å². The van der Waals surface area contributed by atoms with E-state index in [-0.39, 0.29) is 11.3 Å². The SMILES string of the molecule is CCCC1(C)C=Cc2cc(N=C(Nc3ccccc3)Nc3ccc([N+](=O)[O-])cc3)c(C)cc2O1. The quantitative estimate of drug-likeness (QED) is 0.179. The van der Waals surface area contributed by atoms with E-state index >= 15 is 0 Å². The molecule has 3 aromatic rings. The molecular weight excluding hydrogens is 428 g/mol. The van der Waals surface area contributed by atoms with Crippen molar-refractivity contribution in [2.45, 2.75) is 39.2 Å². The highest BCUT2D eigenvalue weighted by atomic mass is 16.6. The molecule has 0 radical (unpaired) electrons. The fraction of sp³-hybridized carbons (Fsp3) is 0.222. The van der Waals surface area contributed by atoms with E-state index in [0.29, 0.717) is 11.6 Å². The van der Waals surface area contributed by atoms with Crippen molar-refractivity contribution in [3.05, 3.63) is 94.0 Å². The summed E-state index contributed by atoms with van der Waals surface area (Å²) in [6.07, 6.45) is 6.20. The fourth-order valence-electron chi connectivity index (χ4n) is 3.88. The second kappa shape index (κ2) is 9.79. The largest absolute Gasteiger partial charge is 0.483 e. The average Bonchev–Trinajstić information content (AvgIpc) is 2.81. The van der Waals surface area contributed by atoms with Gasteiger partial charge in [-0.1, -0.05) is 37.6 Å². The minimum atomic E-state index is -0.418.